The molecule has 1 aliphatic rings. The van der Waals surface area contributed by atoms with Crippen LogP contribution in [0.5, 0.6) is 11.5 Å². The van der Waals surface area contributed by atoms with Gasteiger partial charge in [-0.25, -0.2) is 0 Å². The second-order valence-corrected chi connectivity index (χ2v) is 6.87. The fraction of sp³-hybridized carbons (Fsp3) is 0.409. The number of likely N-dealkylation sites (tertiary alicyclic amines) is 1. The number of hydrogen-bond acceptors (Lipinski definition) is 4. The van der Waals surface area contributed by atoms with Crippen molar-refractivity contribution in [3.8, 4) is 11.5 Å². The summed E-state index contributed by atoms with van der Waals surface area (Å²) in [6, 6.07) is 15.8. The van der Waals surface area contributed by atoms with Gasteiger partial charge < -0.3 is 14.8 Å². The first kappa shape index (κ1) is 19.2. The molecule has 0 radical (unpaired) electrons. The smallest absolute Gasteiger partial charge is 0.258 e. The normalized spacial score (nSPS) is 14.6. The number of carbonyl (C=O) groups is 1. The number of piperidine rings is 1. The van der Waals surface area contributed by atoms with Gasteiger partial charge in [0.05, 0.1) is 7.11 Å². The number of nitrogens with one attached hydrogen (secondary N) is 1. The molecule has 1 heterocycles. The zero-order valence-electron chi connectivity index (χ0n) is 15.9. The molecule has 0 unspecified atom stereocenters. The van der Waals surface area contributed by atoms with Gasteiger partial charge in [-0.1, -0.05) is 42.8 Å². The molecular formula is C22H28N2O3. The van der Waals surface area contributed by atoms with Crippen molar-refractivity contribution < 1.29 is 14.3 Å². The average molecular weight is 368 g/mol. The Bertz CT molecular complexity index is 725. The van der Waals surface area contributed by atoms with Gasteiger partial charge in [0.1, 0.15) is 0 Å². The molecule has 0 aromatic heterocycles. The third-order valence-electron chi connectivity index (χ3n) is 4.80. The number of nitrogens with zero attached hydrogens (tertiary/aromatic N) is 1. The number of amides is 1. The van der Waals surface area contributed by atoms with Crippen molar-refractivity contribution >= 4 is 5.91 Å². The van der Waals surface area contributed by atoms with Crippen LogP contribution in [0.3, 0.4) is 0 Å². The standard InChI is InChI=1S/C22H28N2O3/c1-26-20-7-3-4-8-21(20)27-17-22(25)23-15-18-9-11-19(12-10-18)16-24-13-5-2-6-14-24/h3-4,7-12H,2,5-6,13-17H2,1H3,(H,23,25). The molecule has 1 fully saturated rings. The van der Waals surface area contributed by atoms with Crippen molar-refractivity contribution in [2.24, 2.45) is 0 Å². The Kier molecular flexibility index (Phi) is 7.11. The lowest BCUT2D eigenvalue weighted by atomic mass is 10.1. The number of para-hydroxylation sites is 2. The molecule has 0 aliphatic carbocycles. The zero-order chi connectivity index (χ0) is 18.9. The Labute approximate surface area is 161 Å². The minimum absolute atomic E-state index is 0.0343. The molecule has 1 amide bonds. The van der Waals surface area contributed by atoms with Crippen LogP contribution in [0.25, 0.3) is 0 Å². The van der Waals surface area contributed by atoms with Crippen molar-refractivity contribution in [1.82, 2.24) is 10.2 Å². The van der Waals surface area contributed by atoms with Crippen LogP contribution in [0.15, 0.2) is 48.5 Å². The average Bonchev–Trinajstić information content (AvgIpc) is 2.72. The molecule has 3 rings (SSSR count). The molecule has 0 bridgehead atoms. The molecular weight excluding hydrogens is 340 g/mol. The van der Waals surface area contributed by atoms with Crippen molar-refractivity contribution in [2.45, 2.75) is 32.4 Å². The van der Waals surface area contributed by atoms with E-state index in [0.717, 1.165) is 12.1 Å². The molecule has 1 saturated heterocycles. The van der Waals surface area contributed by atoms with Crippen LogP contribution in [0, 0.1) is 0 Å². The quantitative estimate of drug-likeness (QED) is 0.776. The van der Waals surface area contributed by atoms with E-state index in [1.54, 1.807) is 19.2 Å². The van der Waals surface area contributed by atoms with Crippen molar-refractivity contribution in [1.29, 1.82) is 0 Å². The monoisotopic (exact) mass is 368 g/mol. The van der Waals surface area contributed by atoms with Crippen LogP contribution in [-0.2, 0) is 17.9 Å². The highest BCUT2D eigenvalue weighted by atomic mass is 16.5. The fourth-order valence-corrected chi connectivity index (χ4v) is 3.27. The van der Waals surface area contributed by atoms with E-state index in [9.17, 15) is 4.79 Å². The van der Waals surface area contributed by atoms with Crippen molar-refractivity contribution in [3.63, 3.8) is 0 Å². The first-order valence-electron chi connectivity index (χ1n) is 9.57. The number of methoxy groups -OCH3 is 1. The summed E-state index contributed by atoms with van der Waals surface area (Å²) in [4.78, 5) is 14.5. The minimum Gasteiger partial charge on any atom is -0.493 e. The molecule has 0 saturated carbocycles. The van der Waals surface area contributed by atoms with Crippen molar-refractivity contribution in [3.05, 3.63) is 59.7 Å². The van der Waals surface area contributed by atoms with Crippen LogP contribution < -0.4 is 14.8 Å². The van der Waals surface area contributed by atoms with E-state index in [1.165, 1.54) is 37.9 Å². The second-order valence-electron chi connectivity index (χ2n) is 6.87. The van der Waals surface area contributed by atoms with E-state index in [2.05, 4.69) is 34.5 Å². The largest absolute Gasteiger partial charge is 0.493 e. The van der Waals surface area contributed by atoms with E-state index in [-0.39, 0.29) is 12.5 Å². The summed E-state index contributed by atoms with van der Waals surface area (Å²) in [5.74, 6) is 1.03. The molecule has 2 aromatic rings. The Hall–Kier alpha value is -2.53. The van der Waals surface area contributed by atoms with E-state index < -0.39 is 0 Å². The van der Waals surface area contributed by atoms with Gasteiger partial charge in [-0.2, -0.15) is 0 Å². The third-order valence-corrected chi connectivity index (χ3v) is 4.80. The minimum atomic E-state index is -0.154. The topological polar surface area (TPSA) is 50.8 Å². The summed E-state index contributed by atoms with van der Waals surface area (Å²) in [6.07, 6.45) is 3.97. The van der Waals surface area contributed by atoms with Gasteiger partial charge in [-0.15, -0.1) is 0 Å². The van der Waals surface area contributed by atoms with Crippen LogP contribution in [0.4, 0.5) is 0 Å². The van der Waals surface area contributed by atoms with Crippen molar-refractivity contribution in [2.75, 3.05) is 26.8 Å². The van der Waals surface area contributed by atoms with E-state index in [0.29, 0.717) is 18.0 Å². The Morgan fingerprint density at radius 2 is 1.63 bits per heavy atom. The maximum atomic E-state index is 12.0. The summed E-state index contributed by atoms with van der Waals surface area (Å²) in [5, 5.41) is 2.89. The number of benzene rings is 2. The van der Waals surface area contributed by atoms with Crippen LogP contribution in [0.1, 0.15) is 30.4 Å². The van der Waals surface area contributed by atoms with Crippen LogP contribution in [-0.4, -0.2) is 37.6 Å². The van der Waals surface area contributed by atoms with E-state index >= 15 is 0 Å². The Morgan fingerprint density at radius 1 is 0.963 bits per heavy atom. The summed E-state index contributed by atoms with van der Waals surface area (Å²) in [5.41, 5.74) is 2.41. The molecule has 1 aliphatic heterocycles. The second kappa shape index (κ2) is 9.97. The summed E-state index contributed by atoms with van der Waals surface area (Å²) in [7, 11) is 1.58. The van der Waals surface area contributed by atoms with Crippen LogP contribution in [0.2, 0.25) is 0 Å². The molecule has 144 valence electrons. The maximum Gasteiger partial charge on any atom is 0.258 e. The SMILES string of the molecule is COc1ccccc1OCC(=O)NCc1ccc(CN2CCCCC2)cc1. The molecule has 1 N–H and O–H groups in total. The number of ether oxygens (including phenoxy) is 2. The zero-order valence-corrected chi connectivity index (χ0v) is 15.9. The predicted octanol–water partition coefficient (Wildman–Crippen LogP) is 3.38. The summed E-state index contributed by atoms with van der Waals surface area (Å²) in [6.45, 7) is 3.87. The predicted molar refractivity (Wildman–Crippen MR) is 106 cm³/mol. The molecule has 0 atom stereocenters. The highest BCUT2D eigenvalue weighted by molar-refractivity contribution is 5.77. The maximum absolute atomic E-state index is 12.0. The molecule has 2 aromatic carbocycles. The highest BCUT2D eigenvalue weighted by Crippen LogP contribution is 2.25. The first-order valence-corrected chi connectivity index (χ1v) is 9.57. The Morgan fingerprint density at radius 3 is 2.33 bits per heavy atom. The van der Waals surface area contributed by atoms with Gasteiger partial charge in [0.2, 0.25) is 0 Å². The lowest BCUT2D eigenvalue weighted by Gasteiger charge is -2.26. The molecule has 0 spiro atoms. The third kappa shape index (κ3) is 6.00. The van der Waals surface area contributed by atoms with E-state index in [1.807, 2.05) is 12.1 Å². The lowest BCUT2D eigenvalue weighted by Crippen LogP contribution is -2.29. The molecule has 27 heavy (non-hydrogen) atoms. The highest BCUT2D eigenvalue weighted by Gasteiger charge is 2.10. The van der Waals surface area contributed by atoms with Gasteiger partial charge in [-0.05, 0) is 49.2 Å². The van der Waals surface area contributed by atoms with Gasteiger partial charge in [-0.3, -0.25) is 9.69 Å². The van der Waals surface area contributed by atoms with Gasteiger partial charge in [0, 0.05) is 13.1 Å². The summed E-state index contributed by atoms with van der Waals surface area (Å²) >= 11 is 0. The first-order chi connectivity index (χ1) is 13.2. The van der Waals surface area contributed by atoms with Gasteiger partial charge in [0.25, 0.3) is 5.91 Å². The lowest BCUT2D eigenvalue weighted by molar-refractivity contribution is -0.123. The van der Waals surface area contributed by atoms with Crippen LogP contribution >= 0.6 is 0 Å². The van der Waals surface area contributed by atoms with Gasteiger partial charge in [0.15, 0.2) is 18.1 Å². The van der Waals surface area contributed by atoms with Gasteiger partial charge >= 0.3 is 0 Å². The summed E-state index contributed by atoms with van der Waals surface area (Å²) < 4.78 is 10.8. The number of carbonyl (C=O) groups excluding carboxylic acids is 1. The fourth-order valence-electron chi connectivity index (χ4n) is 3.27. The number of hydrogen-bond donors (Lipinski definition) is 1. The Balaban J connectivity index is 1.42. The molecule has 5 heteroatoms. The van der Waals surface area contributed by atoms with E-state index in [4.69, 9.17) is 9.47 Å². The number of rotatable bonds is 8. The molecule has 5 nitrogen and oxygen atoms in total.